The average Bonchev–Trinajstić information content (AvgIpc) is 2.90. The molecule has 21 heavy (non-hydrogen) atoms. The molecular formula is C15H16N4OS. The molecule has 1 N–H and O–H groups in total. The predicted octanol–water partition coefficient (Wildman–Crippen LogP) is 3.57. The van der Waals surface area contributed by atoms with Crippen LogP contribution in [0.5, 0.6) is 0 Å². The Morgan fingerprint density at radius 2 is 2.05 bits per heavy atom. The van der Waals surface area contributed by atoms with Crippen LogP contribution in [0.1, 0.15) is 17.3 Å². The van der Waals surface area contributed by atoms with Crippen LogP contribution in [-0.2, 0) is 6.54 Å². The molecule has 0 amide bonds. The van der Waals surface area contributed by atoms with Gasteiger partial charge in [-0.2, -0.15) is 0 Å². The lowest BCUT2D eigenvalue weighted by molar-refractivity contribution is 0.474. The molecule has 1 aromatic carbocycles. The maximum Gasteiger partial charge on any atom is 0.235 e. The van der Waals surface area contributed by atoms with E-state index in [4.69, 9.17) is 4.42 Å². The van der Waals surface area contributed by atoms with Crippen LogP contribution in [0, 0.1) is 13.8 Å². The predicted molar refractivity (Wildman–Crippen MR) is 84.6 cm³/mol. The lowest BCUT2D eigenvalue weighted by Gasteiger charge is -2.08. The second-order valence-electron chi connectivity index (χ2n) is 4.78. The summed E-state index contributed by atoms with van der Waals surface area (Å²) < 4.78 is 5.34. The number of anilines is 1. The molecule has 0 aliphatic heterocycles. The molecule has 0 unspecified atom stereocenters. The molecule has 2 heterocycles. The minimum absolute atomic E-state index is 0.473. The van der Waals surface area contributed by atoms with Crippen molar-refractivity contribution in [2.75, 3.05) is 11.6 Å². The normalized spacial score (nSPS) is 11.0. The van der Waals surface area contributed by atoms with E-state index in [1.165, 1.54) is 15.8 Å². The molecule has 0 saturated carbocycles. The number of nitrogens with one attached hydrogen (secondary N) is 1. The van der Waals surface area contributed by atoms with Crippen LogP contribution in [-0.4, -0.2) is 21.4 Å². The molecule has 0 saturated heterocycles. The summed E-state index contributed by atoms with van der Waals surface area (Å²) in [5.41, 5.74) is 2.18. The van der Waals surface area contributed by atoms with Crippen LogP contribution in [0.4, 0.5) is 5.82 Å². The van der Waals surface area contributed by atoms with Gasteiger partial charge in [0.05, 0.1) is 12.1 Å². The zero-order valence-corrected chi connectivity index (χ0v) is 13.0. The topological polar surface area (TPSA) is 63.8 Å². The zero-order chi connectivity index (χ0) is 14.8. The highest BCUT2D eigenvalue weighted by Crippen LogP contribution is 2.25. The zero-order valence-electron chi connectivity index (χ0n) is 12.2. The van der Waals surface area contributed by atoms with E-state index in [9.17, 15) is 0 Å². The molecular weight excluding hydrogens is 284 g/mol. The van der Waals surface area contributed by atoms with Gasteiger partial charge in [-0.1, -0.05) is 6.07 Å². The molecule has 0 radical (unpaired) electrons. The molecule has 0 aliphatic carbocycles. The molecule has 108 valence electrons. The smallest absolute Gasteiger partial charge is 0.235 e. The van der Waals surface area contributed by atoms with Crippen molar-refractivity contribution in [1.82, 2.24) is 15.2 Å². The Morgan fingerprint density at radius 1 is 1.19 bits per heavy atom. The molecule has 0 bridgehead atoms. The van der Waals surface area contributed by atoms with Crippen molar-refractivity contribution in [2.45, 2.75) is 25.3 Å². The third-order valence-corrected chi connectivity index (χ3v) is 3.94. The van der Waals surface area contributed by atoms with Gasteiger partial charge in [-0.05, 0) is 36.9 Å². The Hall–Kier alpha value is -2.08. The van der Waals surface area contributed by atoms with E-state index >= 15 is 0 Å². The minimum Gasteiger partial charge on any atom is -0.424 e. The summed E-state index contributed by atoms with van der Waals surface area (Å²) in [6.07, 6.45) is 2.06. The summed E-state index contributed by atoms with van der Waals surface area (Å²) >= 11 is 1.71. The SMILES string of the molecule is CSc1ccc2c(C)cc(NCc3nnc(C)o3)nc2c1. The maximum absolute atomic E-state index is 5.34. The van der Waals surface area contributed by atoms with Gasteiger partial charge >= 0.3 is 0 Å². The molecule has 6 heteroatoms. The molecule has 0 fully saturated rings. The highest BCUT2D eigenvalue weighted by atomic mass is 32.2. The Bertz CT molecular complexity index is 784. The van der Waals surface area contributed by atoms with E-state index in [2.05, 4.69) is 51.9 Å². The summed E-state index contributed by atoms with van der Waals surface area (Å²) in [6, 6.07) is 8.38. The van der Waals surface area contributed by atoms with Gasteiger partial charge in [0.2, 0.25) is 11.8 Å². The van der Waals surface area contributed by atoms with Gasteiger partial charge in [0.15, 0.2) is 0 Å². The van der Waals surface area contributed by atoms with Crippen molar-refractivity contribution in [3.8, 4) is 0 Å². The number of hydrogen-bond donors (Lipinski definition) is 1. The molecule has 2 aromatic heterocycles. The minimum atomic E-state index is 0.473. The third-order valence-electron chi connectivity index (χ3n) is 3.21. The van der Waals surface area contributed by atoms with Crippen LogP contribution >= 0.6 is 11.8 Å². The van der Waals surface area contributed by atoms with Gasteiger partial charge in [-0.15, -0.1) is 22.0 Å². The molecule has 0 spiro atoms. The lowest BCUT2D eigenvalue weighted by atomic mass is 10.1. The first kappa shape index (κ1) is 13.9. The van der Waals surface area contributed by atoms with Crippen LogP contribution in [0.3, 0.4) is 0 Å². The van der Waals surface area contributed by atoms with E-state index in [-0.39, 0.29) is 0 Å². The highest BCUT2D eigenvalue weighted by molar-refractivity contribution is 7.98. The highest BCUT2D eigenvalue weighted by Gasteiger charge is 2.06. The number of aromatic nitrogens is 3. The number of thioether (sulfide) groups is 1. The van der Waals surface area contributed by atoms with Crippen molar-refractivity contribution in [1.29, 1.82) is 0 Å². The van der Waals surface area contributed by atoms with Crippen LogP contribution in [0.15, 0.2) is 33.6 Å². The van der Waals surface area contributed by atoms with Crippen molar-refractivity contribution in [3.05, 3.63) is 41.6 Å². The average molecular weight is 300 g/mol. The fraction of sp³-hybridized carbons (Fsp3) is 0.267. The van der Waals surface area contributed by atoms with Crippen LogP contribution in [0.2, 0.25) is 0 Å². The van der Waals surface area contributed by atoms with E-state index in [1.54, 1.807) is 18.7 Å². The Balaban J connectivity index is 1.88. The lowest BCUT2D eigenvalue weighted by Crippen LogP contribution is -2.02. The standard InChI is InChI=1S/C15H16N4OS/c1-9-6-14(16-8-15-19-18-10(2)20-15)17-13-7-11(21-3)4-5-12(9)13/h4-7H,8H2,1-3H3,(H,16,17). The number of nitrogens with zero attached hydrogens (tertiary/aromatic N) is 3. The summed E-state index contributed by atoms with van der Waals surface area (Å²) in [7, 11) is 0. The monoisotopic (exact) mass is 300 g/mol. The first-order chi connectivity index (χ1) is 10.2. The van der Waals surface area contributed by atoms with Crippen LogP contribution in [0.25, 0.3) is 10.9 Å². The Morgan fingerprint density at radius 3 is 2.76 bits per heavy atom. The number of hydrogen-bond acceptors (Lipinski definition) is 6. The van der Waals surface area contributed by atoms with Gasteiger partial charge in [0.25, 0.3) is 0 Å². The van der Waals surface area contributed by atoms with Crippen molar-refractivity contribution < 1.29 is 4.42 Å². The first-order valence-electron chi connectivity index (χ1n) is 6.64. The summed E-state index contributed by atoms with van der Waals surface area (Å²) in [5, 5.41) is 12.2. The van der Waals surface area contributed by atoms with Gasteiger partial charge in [-0.3, -0.25) is 0 Å². The van der Waals surface area contributed by atoms with Gasteiger partial charge in [0, 0.05) is 17.2 Å². The summed E-state index contributed by atoms with van der Waals surface area (Å²) in [6.45, 7) is 4.34. The Labute approximate surface area is 127 Å². The molecule has 3 aromatic rings. The molecule has 5 nitrogen and oxygen atoms in total. The fourth-order valence-electron chi connectivity index (χ4n) is 2.17. The van der Waals surface area contributed by atoms with Crippen molar-refractivity contribution in [3.63, 3.8) is 0 Å². The maximum atomic E-state index is 5.34. The van der Waals surface area contributed by atoms with E-state index in [0.29, 0.717) is 18.3 Å². The van der Waals surface area contributed by atoms with E-state index in [0.717, 1.165) is 11.3 Å². The first-order valence-corrected chi connectivity index (χ1v) is 7.86. The fourth-order valence-corrected chi connectivity index (χ4v) is 2.61. The molecule has 0 atom stereocenters. The quantitative estimate of drug-likeness (QED) is 0.743. The number of fused-ring (bicyclic) bond motifs is 1. The number of pyridine rings is 1. The second-order valence-corrected chi connectivity index (χ2v) is 5.66. The van der Waals surface area contributed by atoms with Gasteiger partial charge in [-0.25, -0.2) is 4.98 Å². The van der Waals surface area contributed by atoms with Crippen molar-refractivity contribution >= 4 is 28.5 Å². The summed E-state index contributed by atoms with van der Waals surface area (Å²) in [4.78, 5) is 5.86. The van der Waals surface area contributed by atoms with Gasteiger partial charge in [0.1, 0.15) is 5.82 Å². The number of benzene rings is 1. The molecule has 0 aliphatic rings. The summed E-state index contributed by atoms with van der Waals surface area (Å²) in [5.74, 6) is 1.94. The number of rotatable bonds is 4. The number of aryl methyl sites for hydroxylation is 2. The van der Waals surface area contributed by atoms with E-state index in [1.807, 2.05) is 6.07 Å². The second kappa shape index (κ2) is 5.73. The molecule has 3 rings (SSSR count). The van der Waals surface area contributed by atoms with Crippen LogP contribution < -0.4 is 5.32 Å². The van der Waals surface area contributed by atoms with Crippen molar-refractivity contribution in [2.24, 2.45) is 0 Å². The largest absolute Gasteiger partial charge is 0.424 e. The third kappa shape index (κ3) is 3.00. The van der Waals surface area contributed by atoms with E-state index < -0.39 is 0 Å². The van der Waals surface area contributed by atoms with Gasteiger partial charge < -0.3 is 9.73 Å². The Kier molecular flexibility index (Phi) is 3.79.